The van der Waals surface area contributed by atoms with Gasteiger partial charge in [0.25, 0.3) is 0 Å². The first-order valence-electron chi connectivity index (χ1n) is 7.30. The van der Waals surface area contributed by atoms with E-state index in [4.69, 9.17) is 23.2 Å². The van der Waals surface area contributed by atoms with Gasteiger partial charge in [-0.1, -0.05) is 54.6 Å². The van der Waals surface area contributed by atoms with Crippen LogP contribution >= 0.6 is 23.2 Å². The van der Waals surface area contributed by atoms with Crippen LogP contribution in [0, 0.1) is 0 Å². The second-order valence-electron chi connectivity index (χ2n) is 5.25. The highest BCUT2D eigenvalue weighted by Gasteiger charge is 2.32. The number of halogens is 5. The monoisotopic (exact) mass is 365 g/mol. The van der Waals surface area contributed by atoms with Gasteiger partial charge >= 0.3 is 6.18 Å². The van der Waals surface area contributed by atoms with Gasteiger partial charge in [0.15, 0.2) is 0 Å². The van der Waals surface area contributed by atoms with Crippen molar-refractivity contribution in [2.75, 3.05) is 0 Å². The molecular formula is C15H16Cl2F3N3. The highest BCUT2D eigenvalue weighted by Crippen LogP contribution is 2.37. The van der Waals surface area contributed by atoms with Crippen molar-refractivity contribution in [2.24, 2.45) is 0 Å². The van der Waals surface area contributed by atoms with Gasteiger partial charge in [-0.3, -0.25) is 0 Å². The number of hydrogen-bond donors (Lipinski definition) is 0. The summed E-state index contributed by atoms with van der Waals surface area (Å²) in [7, 11) is 0. The Hall–Kier alpha value is -1.27. The maximum absolute atomic E-state index is 12.7. The van der Waals surface area contributed by atoms with E-state index < -0.39 is 11.7 Å². The van der Waals surface area contributed by atoms with Gasteiger partial charge in [-0.2, -0.15) is 13.2 Å². The van der Waals surface area contributed by atoms with Gasteiger partial charge < -0.3 is 0 Å². The van der Waals surface area contributed by atoms with Crippen LogP contribution in [-0.4, -0.2) is 15.0 Å². The molecule has 1 aromatic heterocycles. The summed E-state index contributed by atoms with van der Waals surface area (Å²) in [4.78, 5) is 0. The van der Waals surface area contributed by atoms with Gasteiger partial charge in [0, 0.05) is 0 Å². The molecule has 0 unspecified atom stereocenters. The molecule has 1 aromatic carbocycles. The van der Waals surface area contributed by atoms with E-state index in [9.17, 15) is 13.2 Å². The molecule has 126 valence electrons. The third kappa shape index (κ3) is 4.61. The van der Waals surface area contributed by atoms with Crippen molar-refractivity contribution in [1.29, 1.82) is 0 Å². The zero-order valence-electron chi connectivity index (χ0n) is 12.5. The number of alkyl halides is 3. The Bertz CT molecular complexity index is 645. The molecule has 0 saturated heterocycles. The third-order valence-electron chi connectivity index (χ3n) is 3.40. The molecule has 0 N–H and O–H groups in total. The Morgan fingerprint density at radius 1 is 1.09 bits per heavy atom. The van der Waals surface area contributed by atoms with Crippen LogP contribution in [0.5, 0.6) is 0 Å². The van der Waals surface area contributed by atoms with Crippen molar-refractivity contribution in [3.8, 4) is 5.69 Å². The minimum absolute atomic E-state index is 0.118. The summed E-state index contributed by atoms with van der Waals surface area (Å²) >= 11 is 11.9. The van der Waals surface area contributed by atoms with Crippen molar-refractivity contribution < 1.29 is 13.2 Å². The summed E-state index contributed by atoms with van der Waals surface area (Å²) in [6.45, 7) is 2.13. The second-order valence-corrected chi connectivity index (χ2v) is 6.07. The van der Waals surface area contributed by atoms with Gasteiger partial charge in [0.2, 0.25) is 0 Å². The predicted octanol–water partition coefficient (Wildman–Crippen LogP) is 5.72. The lowest BCUT2D eigenvalue weighted by Crippen LogP contribution is -2.07. The van der Waals surface area contributed by atoms with Crippen LogP contribution in [0.25, 0.3) is 5.69 Å². The first-order chi connectivity index (χ1) is 10.8. The number of aromatic nitrogens is 3. The van der Waals surface area contributed by atoms with E-state index in [1.807, 2.05) is 0 Å². The molecule has 0 radical (unpaired) electrons. The average Bonchev–Trinajstić information content (AvgIpc) is 2.90. The van der Waals surface area contributed by atoms with Gasteiger partial charge in [0.1, 0.15) is 5.69 Å². The van der Waals surface area contributed by atoms with Crippen LogP contribution < -0.4 is 0 Å². The van der Waals surface area contributed by atoms with Crippen LogP contribution in [-0.2, 0) is 12.6 Å². The van der Waals surface area contributed by atoms with E-state index in [0.29, 0.717) is 0 Å². The Balaban J connectivity index is 2.21. The van der Waals surface area contributed by atoms with Crippen LogP contribution in [0.4, 0.5) is 13.2 Å². The fraction of sp³-hybridized carbons (Fsp3) is 0.467. The molecule has 2 rings (SSSR count). The molecule has 0 aliphatic carbocycles. The molecular weight excluding hydrogens is 350 g/mol. The highest BCUT2D eigenvalue weighted by atomic mass is 35.5. The largest absolute Gasteiger partial charge is 0.416 e. The number of aryl methyl sites for hydroxylation is 1. The number of unbranched alkanes of at least 4 members (excludes halogenated alkanes) is 3. The standard InChI is InChI=1S/C15H16Cl2F3N3/c1-2-3-4-5-6-11-9-23(22-21-11)14-12(16)7-10(8-13(14)17)15(18,19)20/h7-9H,2-6H2,1H3. The van der Waals surface area contributed by atoms with Crippen LogP contribution in [0.3, 0.4) is 0 Å². The summed E-state index contributed by atoms with van der Waals surface area (Å²) in [5.74, 6) is 0. The number of nitrogens with zero attached hydrogens (tertiary/aromatic N) is 3. The predicted molar refractivity (Wildman–Crippen MR) is 84.2 cm³/mol. The SMILES string of the molecule is CCCCCCc1cn(-c2c(Cl)cc(C(F)(F)F)cc2Cl)nn1. The smallest absolute Gasteiger partial charge is 0.217 e. The molecule has 0 atom stereocenters. The first-order valence-corrected chi connectivity index (χ1v) is 8.06. The lowest BCUT2D eigenvalue weighted by atomic mass is 10.1. The normalized spacial score (nSPS) is 11.9. The number of benzene rings is 1. The zero-order chi connectivity index (χ0) is 17.0. The number of rotatable bonds is 6. The first kappa shape index (κ1) is 18.1. The fourth-order valence-electron chi connectivity index (χ4n) is 2.20. The van der Waals surface area contributed by atoms with Crippen molar-refractivity contribution in [2.45, 2.75) is 45.2 Å². The number of hydrogen-bond acceptors (Lipinski definition) is 2. The van der Waals surface area contributed by atoms with E-state index in [1.165, 1.54) is 4.68 Å². The Morgan fingerprint density at radius 2 is 1.74 bits per heavy atom. The Morgan fingerprint density at radius 3 is 2.30 bits per heavy atom. The molecule has 0 aliphatic heterocycles. The highest BCUT2D eigenvalue weighted by molar-refractivity contribution is 6.37. The maximum Gasteiger partial charge on any atom is 0.416 e. The minimum atomic E-state index is -4.50. The average molecular weight is 366 g/mol. The summed E-state index contributed by atoms with van der Waals surface area (Å²) in [6, 6.07) is 1.68. The Labute approximate surface area is 142 Å². The molecule has 0 aliphatic rings. The summed E-state index contributed by atoms with van der Waals surface area (Å²) in [5.41, 5.74) is 0.0675. The van der Waals surface area contributed by atoms with E-state index in [-0.39, 0.29) is 15.7 Å². The maximum atomic E-state index is 12.7. The zero-order valence-corrected chi connectivity index (χ0v) is 14.0. The lowest BCUT2D eigenvalue weighted by molar-refractivity contribution is -0.137. The molecule has 2 aromatic rings. The minimum Gasteiger partial charge on any atom is -0.217 e. The molecule has 0 amide bonds. The molecule has 0 spiro atoms. The molecule has 3 nitrogen and oxygen atoms in total. The molecule has 0 saturated carbocycles. The van der Waals surface area contributed by atoms with Crippen molar-refractivity contribution in [1.82, 2.24) is 15.0 Å². The molecule has 23 heavy (non-hydrogen) atoms. The lowest BCUT2D eigenvalue weighted by Gasteiger charge is -2.11. The van der Waals surface area contributed by atoms with Gasteiger partial charge in [-0.25, -0.2) is 4.68 Å². The Kier molecular flexibility index (Phi) is 5.92. The topological polar surface area (TPSA) is 30.7 Å². The van der Waals surface area contributed by atoms with E-state index >= 15 is 0 Å². The quantitative estimate of drug-likeness (QED) is 0.613. The van der Waals surface area contributed by atoms with Gasteiger partial charge in [0.05, 0.1) is 27.5 Å². The fourth-order valence-corrected chi connectivity index (χ4v) is 2.86. The van der Waals surface area contributed by atoms with E-state index in [1.54, 1.807) is 6.20 Å². The van der Waals surface area contributed by atoms with Crippen LogP contribution in [0.1, 0.15) is 43.9 Å². The van der Waals surface area contributed by atoms with Crippen molar-refractivity contribution in [3.05, 3.63) is 39.6 Å². The van der Waals surface area contributed by atoms with Gasteiger partial charge in [-0.15, -0.1) is 5.10 Å². The molecule has 8 heteroatoms. The van der Waals surface area contributed by atoms with Crippen molar-refractivity contribution >= 4 is 23.2 Å². The molecule has 0 fully saturated rings. The van der Waals surface area contributed by atoms with Crippen LogP contribution in [0.2, 0.25) is 10.0 Å². The third-order valence-corrected chi connectivity index (χ3v) is 3.98. The van der Waals surface area contributed by atoms with Crippen LogP contribution in [0.15, 0.2) is 18.3 Å². The molecule has 0 bridgehead atoms. The molecule has 1 heterocycles. The van der Waals surface area contributed by atoms with E-state index in [2.05, 4.69) is 17.2 Å². The van der Waals surface area contributed by atoms with Crippen molar-refractivity contribution in [3.63, 3.8) is 0 Å². The van der Waals surface area contributed by atoms with E-state index in [0.717, 1.165) is 49.9 Å². The summed E-state index contributed by atoms with van der Waals surface area (Å²) < 4.78 is 39.5. The van der Waals surface area contributed by atoms with Gasteiger partial charge in [-0.05, 0) is 25.0 Å². The second kappa shape index (κ2) is 7.53. The summed E-state index contributed by atoms with van der Waals surface area (Å²) in [6.07, 6.45) is 2.29. The summed E-state index contributed by atoms with van der Waals surface area (Å²) in [5, 5.41) is 7.70.